The van der Waals surface area contributed by atoms with Crippen LogP contribution in [0.1, 0.15) is 31.2 Å². The molecule has 1 aromatic carbocycles. The highest BCUT2D eigenvalue weighted by molar-refractivity contribution is 6.30. The van der Waals surface area contributed by atoms with E-state index in [4.69, 9.17) is 16.3 Å². The van der Waals surface area contributed by atoms with Gasteiger partial charge in [0, 0.05) is 5.02 Å². The quantitative estimate of drug-likeness (QED) is 0.866. The van der Waals surface area contributed by atoms with Crippen molar-refractivity contribution in [3.8, 4) is 5.75 Å². The van der Waals surface area contributed by atoms with E-state index in [9.17, 15) is 0 Å². The molecule has 3 heteroatoms. The van der Waals surface area contributed by atoms with E-state index < -0.39 is 0 Å². The van der Waals surface area contributed by atoms with Gasteiger partial charge in [-0.3, -0.25) is 0 Å². The first kappa shape index (κ1) is 12.7. The van der Waals surface area contributed by atoms with Gasteiger partial charge in [0.2, 0.25) is 0 Å². The van der Waals surface area contributed by atoms with Crippen molar-refractivity contribution in [1.82, 2.24) is 5.32 Å². The van der Waals surface area contributed by atoms with Gasteiger partial charge in [0.25, 0.3) is 0 Å². The molecular weight excluding hydrogens is 234 g/mol. The van der Waals surface area contributed by atoms with Crippen LogP contribution in [-0.4, -0.2) is 19.2 Å². The molecule has 0 atom stereocenters. The summed E-state index contributed by atoms with van der Waals surface area (Å²) in [5.74, 6) is 0.938. The zero-order valence-corrected chi connectivity index (χ0v) is 11.3. The predicted molar refractivity (Wildman–Crippen MR) is 71.9 cm³/mol. The van der Waals surface area contributed by atoms with E-state index in [1.165, 1.54) is 6.42 Å². The Morgan fingerprint density at radius 3 is 2.76 bits per heavy atom. The lowest BCUT2D eigenvalue weighted by Crippen LogP contribution is -2.45. The first-order valence-electron chi connectivity index (χ1n) is 6.25. The molecule has 17 heavy (non-hydrogen) atoms. The molecule has 1 aliphatic carbocycles. The van der Waals surface area contributed by atoms with Gasteiger partial charge in [-0.2, -0.15) is 0 Å². The maximum Gasteiger partial charge on any atom is 0.124 e. The standard InChI is InChI=1S/C14H20ClNO/c1-11-4-5-12(15)10-13(11)17-14(6-3-7-14)8-9-16-2/h4-5,10,16H,3,6-9H2,1-2H3. The second-order valence-corrected chi connectivity index (χ2v) is 5.34. The number of nitrogens with one attached hydrogen (secondary N) is 1. The topological polar surface area (TPSA) is 21.3 Å². The van der Waals surface area contributed by atoms with Crippen LogP contribution in [0, 0.1) is 6.92 Å². The zero-order chi connectivity index (χ0) is 12.3. The van der Waals surface area contributed by atoms with Crippen LogP contribution in [0.15, 0.2) is 18.2 Å². The molecule has 0 bridgehead atoms. The number of halogens is 1. The SMILES string of the molecule is CNCCC1(Oc2cc(Cl)ccc2C)CCC1. The predicted octanol–water partition coefficient (Wildman–Crippen LogP) is 3.56. The molecule has 1 aromatic rings. The molecule has 0 unspecified atom stereocenters. The Morgan fingerprint density at radius 1 is 1.41 bits per heavy atom. The van der Waals surface area contributed by atoms with Gasteiger partial charge in [-0.1, -0.05) is 17.7 Å². The Kier molecular flexibility index (Phi) is 3.95. The lowest BCUT2D eigenvalue weighted by molar-refractivity contribution is -0.0144. The lowest BCUT2D eigenvalue weighted by atomic mass is 9.77. The van der Waals surface area contributed by atoms with E-state index in [0.717, 1.165) is 42.1 Å². The van der Waals surface area contributed by atoms with Crippen molar-refractivity contribution in [3.05, 3.63) is 28.8 Å². The van der Waals surface area contributed by atoms with Crippen LogP contribution in [-0.2, 0) is 0 Å². The van der Waals surface area contributed by atoms with E-state index >= 15 is 0 Å². The van der Waals surface area contributed by atoms with Crippen molar-refractivity contribution >= 4 is 11.6 Å². The van der Waals surface area contributed by atoms with Crippen molar-refractivity contribution in [1.29, 1.82) is 0 Å². The number of benzene rings is 1. The molecule has 1 aliphatic rings. The summed E-state index contributed by atoms with van der Waals surface area (Å²) in [7, 11) is 1.98. The molecule has 1 N–H and O–H groups in total. The summed E-state index contributed by atoms with van der Waals surface area (Å²) in [6, 6.07) is 5.85. The van der Waals surface area contributed by atoms with Crippen LogP contribution in [0.3, 0.4) is 0 Å². The van der Waals surface area contributed by atoms with Crippen LogP contribution in [0.5, 0.6) is 5.75 Å². The molecule has 0 amide bonds. The summed E-state index contributed by atoms with van der Waals surface area (Å²) in [6.07, 6.45) is 4.64. The summed E-state index contributed by atoms with van der Waals surface area (Å²) < 4.78 is 6.23. The zero-order valence-electron chi connectivity index (χ0n) is 10.6. The Hall–Kier alpha value is -0.730. The van der Waals surface area contributed by atoms with E-state index in [1.54, 1.807) is 0 Å². The maximum absolute atomic E-state index is 6.23. The molecule has 1 fully saturated rings. The number of aryl methyl sites for hydroxylation is 1. The molecule has 1 saturated carbocycles. The summed E-state index contributed by atoms with van der Waals surface area (Å²) in [4.78, 5) is 0. The normalized spacial score (nSPS) is 17.6. The third kappa shape index (κ3) is 2.93. The molecule has 0 saturated heterocycles. The first-order chi connectivity index (χ1) is 8.15. The molecule has 0 radical (unpaired) electrons. The van der Waals surface area contributed by atoms with Gasteiger partial charge in [0.05, 0.1) is 0 Å². The summed E-state index contributed by atoms with van der Waals surface area (Å²) >= 11 is 6.02. The lowest BCUT2D eigenvalue weighted by Gasteiger charge is -2.42. The van der Waals surface area contributed by atoms with Crippen LogP contribution >= 0.6 is 11.6 Å². The summed E-state index contributed by atoms with van der Waals surface area (Å²) in [6.45, 7) is 3.07. The average Bonchev–Trinajstić information content (AvgIpc) is 2.26. The molecule has 0 aromatic heterocycles. The summed E-state index contributed by atoms with van der Waals surface area (Å²) in [5.41, 5.74) is 1.20. The molecular formula is C14H20ClNO. The Labute approximate surface area is 108 Å². The fourth-order valence-corrected chi connectivity index (χ4v) is 2.41. The van der Waals surface area contributed by atoms with Gasteiger partial charge in [-0.05, 0) is 63.9 Å². The van der Waals surface area contributed by atoms with Crippen LogP contribution in [0.25, 0.3) is 0 Å². The molecule has 0 heterocycles. The van der Waals surface area contributed by atoms with Crippen LogP contribution < -0.4 is 10.1 Å². The monoisotopic (exact) mass is 253 g/mol. The van der Waals surface area contributed by atoms with E-state index in [1.807, 2.05) is 25.2 Å². The maximum atomic E-state index is 6.23. The second-order valence-electron chi connectivity index (χ2n) is 4.90. The molecule has 0 aliphatic heterocycles. The van der Waals surface area contributed by atoms with E-state index in [0.29, 0.717) is 0 Å². The van der Waals surface area contributed by atoms with Crippen molar-refractivity contribution in [2.45, 2.75) is 38.2 Å². The van der Waals surface area contributed by atoms with E-state index in [2.05, 4.69) is 12.2 Å². The third-order valence-electron chi connectivity index (χ3n) is 3.57. The van der Waals surface area contributed by atoms with Crippen LogP contribution in [0.2, 0.25) is 5.02 Å². The number of hydrogen-bond donors (Lipinski definition) is 1. The highest BCUT2D eigenvalue weighted by Crippen LogP contribution is 2.40. The minimum atomic E-state index is 0.0401. The highest BCUT2D eigenvalue weighted by Gasteiger charge is 2.38. The van der Waals surface area contributed by atoms with Crippen molar-refractivity contribution in [3.63, 3.8) is 0 Å². The highest BCUT2D eigenvalue weighted by atomic mass is 35.5. The minimum Gasteiger partial charge on any atom is -0.487 e. The fraction of sp³-hybridized carbons (Fsp3) is 0.571. The van der Waals surface area contributed by atoms with Crippen molar-refractivity contribution in [2.75, 3.05) is 13.6 Å². The van der Waals surface area contributed by atoms with Crippen molar-refractivity contribution in [2.24, 2.45) is 0 Å². The Balaban J connectivity index is 2.09. The van der Waals surface area contributed by atoms with Gasteiger partial charge < -0.3 is 10.1 Å². The summed E-state index contributed by atoms with van der Waals surface area (Å²) in [5, 5.41) is 3.94. The largest absolute Gasteiger partial charge is 0.487 e. The number of rotatable bonds is 5. The third-order valence-corrected chi connectivity index (χ3v) is 3.81. The smallest absolute Gasteiger partial charge is 0.124 e. The first-order valence-corrected chi connectivity index (χ1v) is 6.63. The number of hydrogen-bond acceptors (Lipinski definition) is 2. The Morgan fingerprint density at radius 2 is 2.18 bits per heavy atom. The van der Waals surface area contributed by atoms with E-state index in [-0.39, 0.29) is 5.60 Å². The van der Waals surface area contributed by atoms with Gasteiger partial charge in [0.15, 0.2) is 0 Å². The van der Waals surface area contributed by atoms with Gasteiger partial charge >= 0.3 is 0 Å². The molecule has 2 nitrogen and oxygen atoms in total. The van der Waals surface area contributed by atoms with Gasteiger partial charge in [0.1, 0.15) is 11.4 Å². The molecule has 2 rings (SSSR count). The van der Waals surface area contributed by atoms with Gasteiger partial charge in [-0.15, -0.1) is 0 Å². The second kappa shape index (κ2) is 5.28. The Bertz CT molecular complexity index is 388. The number of ether oxygens (including phenoxy) is 1. The van der Waals surface area contributed by atoms with Gasteiger partial charge in [-0.25, -0.2) is 0 Å². The molecule has 94 valence electrons. The minimum absolute atomic E-state index is 0.0401. The fourth-order valence-electron chi connectivity index (χ4n) is 2.24. The van der Waals surface area contributed by atoms with Crippen molar-refractivity contribution < 1.29 is 4.74 Å². The average molecular weight is 254 g/mol. The van der Waals surface area contributed by atoms with Crippen LogP contribution in [0.4, 0.5) is 0 Å². The molecule has 0 spiro atoms.